The summed E-state index contributed by atoms with van der Waals surface area (Å²) in [4.78, 5) is 25.4. The molecule has 31 heavy (non-hydrogen) atoms. The van der Waals surface area contributed by atoms with Gasteiger partial charge >= 0.3 is 0 Å². The number of hydrogen-bond acceptors (Lipinski definition) is 6. The topological polar surface area (TPSA) is 67.8 Å². The number of piperazine rings is 1. The van der Waals surface area contributed by atoms with E-state index in [2.05, 4.69) is 14.9 Å². The van der Waals surface area contributed by atoms with Crippen LogP contribution in [0.5, 0.6) is 17.4 Å². The fourth-order valence-electron chi connectivity index (χ4n) is 3.44. The van der Waals surface area contributed by atoms with E-state index in [9.17, 15) is 4.79 Å². The van der Waals surface area contributed by atoms with Gasteiger partial charge in [0.05, 0.1) is 7.11 Å². The van der Waals surface area contributed by atoms with E-state index < -0.39 is 0 Å². The lowest BCUT2D eigenvalue weighted by atomic mass is 10.1. The predicted octanol–water partition coefficient (Wildman–Crippen LogP) is 4.20. The first-order chi connectivity index (χ1) is 15.0. The maximum absolute atomic E-state index is 12.8. The first-order valence-corrected chi connectivity index (χ1v) is 10.4. The van der Waals surface area contributed by atoms with E-state index >= 15 is 0 Å². The molecule has 160 valence electrons. The summed E-state index contributed by atoms with van der Waals surface area (Å²) in [6.07, 6.45) is 1.49. The molecule has 1 aliphatic rings. The Morgan fingerprint density at radius 2 is 1.81 bits per heavy atom. The molecule has 0 aliphatic carbocycles. The van der Waals surface area contributed by atoms with Crippen molar-refractivity contribution in [2.24, 2.45) is 0 Å². The maximum atomic E-state index is 12.8. The van der Waals surface area contributed by atoms with E-state index in [1.54, 1.807) is 25.3 Å². The molecule has 0 saturated carbocycles. The molecule has 2 aromatic carbocycles. The van der Waals surface area contributed by atoms with Crippen LogP contribution in [0, 0.1) is 6.92 Å². The zero-order chi connectivity index (χ0) is 21.8. The second-order valence-corrected chi connectivity index (χ2v) is 7.65. The number of aryl methyl sites for hydroxylation is 1. The minimum Gasteiger partial charge on any atom is -0.497 e. The molecule has 0 bridgehead atoms. The normalized spacial score (nSPS) is 13.8. The third kappa shape index (κ3) is 4.88. The van der Waals surface area contributed by atoms with Crippen molar-refractivity contribution in [2.75, 3.05) is 38.2 Å². The fourth-order valence-corrected chi connectivity index (χ4v) is 3.55. The number of methoxy groups -OCH3 is 1. The van der Waals surface area contributed by atoms with E-state index in [0.717, 1.165) is 11.4 Å². The molecule has 1 aromatic heterocycles. The average Bonchev–Trinajstić information content (AvgIpc) is 2.81. The number of amides is 1. The number of nitrogens with zero attached hydrogens (tertiary/aromatic N) is 4. The van der Waals surface area contributed by atoms with Crippen molar-refractivity contribution in [3.63, 3.8) is 0 Å². The number of benzene rings is 2. The number of anilines is 1. The number of hydrogen-bond donors (Lipinski definition) is 0. The number of carbonyl (C=O) groups excluding carboxylic acids is 1. The molecule has 1 aliphatic heterocycles. The van der Waals surface area contributed by atoms with Crippen LogP contribution in [-0.2, 0) is 0 Å². The molecule has 0 unspecified atom stereocenters. The summed E-state index contributed by atoms with van der Waals surface area (Å²) in [6, 6.07) is 14.5. The van der Waals surface area contributed by atoms with Crippen LogP contribution in [0.1, 0.15) is 15.9 Å². The minimum atomic E-state index is 0.00312. The van der Waals surface area contributed by atoms with Crippen molar-refractivity contribution < 1.29 is 14.3 Å². The Labute approximate surface area is 186 Å². The SMILES string of the molecule is COc1cccc(C(=O)N2CCN(c3cc(Oc4ccc(Cl)c(C)c4)ncn3)CC2)c1. The van der Waals surface area contributed by atoms with E-state index in [4.69, 9.17) is 21.1 Å². The predicted molar refractivity (Wildman–Crippen MR) is 119 cm³/mol. The Morgan fingerprint density at radius 1 is 1.00 bits per heavy atom. The van der Waals surface area contributed by atoms with Crippen LogP contribution in [0.4, 0.5) is 5.82 Å². The zero-order valence-electron chi connectivity index (χ0n) is 17.4. The molecule has 4 rings (SSSR count). The lowest BCUT2D eigenvalue weighted by Crippen LogP contribution is -2.49. The highest BCUT2D eigenvalue weighted by atomic mass is 35.5. The summed E-state index contributed by atoms with van der Waals surface area (Å²) in [5.74, 6) is 2.57. The first kappa shape index (κ1) is 20.9. The number of ether oxygens (including phenoxy) is 2. The van der Waals surface area contributed by atoms with Crippen LogP contribution in [-0.4, -0.2) is 54.1 Å². The maximum Gasteiger partial charge on any atom is 0.254 e. The molecular formula is C23H23ClN4O3. The summed E-state index contributed by atoms with van der Waals surface area (Å²) in [6.45, 7) is 4.48. The fraction of sp³-hybridized carbons (Fsp3) is 0.261. The van der Waals surface area contributed by atoms with Crippen molar-refractivity contribution >= 4 is 23.3 Å². The molecule has 2 heterocycles. The van der Waals surface area contributed by atoms with Crippen molar-refractivity contribution in [3.05, 3.63) is 71.0 Å². The highest BCUT2D eigenvalue weighted by Gasteiger charge is 2.23. The monoisotopic (exact) mass is 438 g/mol. The summed E-state index contributed by atoms with van der Waals surface area (Å²) in [5.41, 5.74) is 1.56. The van der Waals surface area contributed by atoms with Gasteiger partial charge in [0.2, 0.25) is 5.88 Å². The quantitative estimate of drug-likeness (QED) is 0.594. The van der Waals surface area contributed by atoms with Crippen molar-refractivity contribution in [1.29, 1.82) is 0 Å². The van der Waals surface area contributed by atoms with E-state index in [-0.39, 0.29) is 5.91 Å². The molecule has 0 atom stereocenters. The van der Waals surface area contributed by atoms with Gasteiger partial charge in [0.15, 0.2) is 0 Å². The van der Waals surface area contributed by atoms with Crippen molar-refractivity contribution in [1.82, 2.24) is 14.9 Å². The molecular weight excluding hydrogens is 416 g/mol. The Hall–Kier alpha value is -3.32. The smallest absolute Gasteiger partial charge is 0.254 e. The Bertz CT molecular complexity index is 1080. The van der Waals surface area contributed by atoms with Gasteiger partial charge in [-0.05, 0) is 48.9 Å². The second-order valence-electron chi connectivity index (χ2n) is 7.24. The van der Waals surface area contributed by atoms with E-state index in [1.165, 1.54) is 6.33 Å². The molecule has 0 N–H and O–H groups in total. The summed E-state index contributed by atoms with van der Waals surface area (Å²) < 4.78 is 11.1. The molecule has 7 nitrogen and oxygen atoms in total. The van der Waals surface area contributed by atoms with Crippen LogP contribution in [0.2, 0.25) is 5.02 Å². The Kier molecular flexibility index (Phi) is 6.23. The standard InChI is InChI=1S/C23H23ClN4O3/c1-16-12-19(6-7-20(16)24)31-22-14-21(25-15-26-22)27-8-10-28(11-9-27)23(29)17-4-3-5-18(13-17)30-2/h3-7,12-15H,8-11H2,1-2H3. The van der Waals surface area contributed by atoms with Gasteiger partial charge in [0, 0.05) is 42.8 Å². The zero-order valence-corrected chi connectivity index (χ0v) is 18.2. The van der Waals surface area contributed by atoms with Crippen LogP contribution in [0.3, 0.4) is 0 Å². The molecule has 1 fully saturated rings. The van der Waals surface area contributed by atoms with Crippen LogP contribution >= 0.6 is 11.6 Å². The van der Waals surface area contributed by atoms with Gasteiger partial charge in [-0.25, -0.2) is 9.97 Å². The van der Waals surface area contributed by atoms with Gasteiger partial charge in [-0.2, -0.15) is 0 Å². The molecule has 0 radical (unpaired) electrons. The third-order valence-corrected chi connectivity index (χ3v) is 5.61. The van der Waals surface area contributed by atoms with Gasteiger partial charge < -0.3 is 19.3 Å². The van der Waals surface area contributed by atoms with Gasteiger partial charge in [-0.1, -0.05) is 17.7 Å². The first-order valence-electron chi connectivity index (χ1n) is 9.98. The lowest BCUT2D eigenvalue weighted by molar-refractivity contribution is 0.0746. The third-order valence-electron chi connectivity index (χ3n) is 5.19. The summed E-state index contributed by atoms with van der Waals surface area (Å²) >= 11 is 6.08. The Balaban J connectivity index is 1.40. The highest BCUT2D eigenvalue weighted by Crippen LogP contribution is 2.26. The molecule has 1 amide bonds. The van der Waals surface area contributed by atoms with Crippen LogP contribution in [0.25, 0.3) is 0 Å². The number of rotatable bonds is 5. The molecule has 8 heteroatoms. The lowest BCUT2D eigenvalue weighted by Gasteiger charge is -2.35. The van der Waals surface area contributed by atoms with Crippen molar-refractivity contribution in [3.8, 4) is 17.4 Å². The summed E-state index contributed by atoms with van der Waals surface area (Å²) in [5, 5.41) is 0.692. The van der Waals surface area contributed by atoms with E-state index in [0.29, 0.717) is 54.1 Å². The second kappa shape index (κ2) is 9.22. The van der Waals surface area contributed by atoms with Gasteiger partial charge in [-0.3, -0.25) is 4.79 Å². The van der Waals surface area contributed by atoms with Crippen LogP contribution in [0.15, 0.2) is 54.9 Å². The van der Waals surface area contributed by atoms with E-state index in [1.807, 2.05) is 42.2 Å². The average molecular weight is 439 g/mol. The summed E-state index contributed by atoms with van der Waals surface area (Å²) in [7, 11) is 1.59. The Morgan fingerprint density at radius 3 is 2.55 bits per heavy atom. The van der Waals surface area contributed by atoms with Gasteiger partial charge in [0.25, 0.3) is 5.91 Å². The number of carbonyl (C=O) groups is 1. The van der Waals surface area contributed by atoms with Crippen molar-refractivity contribution in [2.45, 2.75) is 6.92 Å². The molecule has 0 spiro atoms. The number of halogens is 1. The van der Waals surface area contributed by atoms with Gasteiger partial charge in [0.1, 0.15) is 23.6 Å². The van der Waals surface area contributed by atoms with Gasteiger partial charge in [-0.15, -0.1) is 0 Å². The molecule has 3 aromatic rings. The minimum absolute atomic E-state index is 0.00312. The molecule has 1 saturated heterocycles. The number of aromatic nitrogens is 2. The highest BCUT2D eigenvalue weighted by molar-refractivity contribution is 6.31. The largest absolute Gasteiger partial charge is 0.497 e. The van der Waals surface area contributed by atoms with Crippen LogP contribution < -0.4 is 14.4 Å².